The number of aliphatic hydroxyl groups excluding tert-OH is 1. The number of aromatic nitrogens is 1. The van der Waals surface area contributed by atoms with E-state index in [1.807, 2.05) is 41.1 Å². The largest absolute Gasteiger partial charge is 0.506 e. The average molecular weight is 282 g/mol. The van der Waals surface area contributed by atoms with Crippen molar-refractivity contribution in [3.63, 3.8) is 0 Å². The molecule has 0 bridgehead atoms. The van der Waals surface area contributed by atoms with Crippen LogP contribution in [0.25, 0.3) is 10.9 Å². The summed E-state index contributed by atoms with van der Waals surface area (Å²) in [6.45, 7) is 0.887. The Bertz CT molecular complexity index is 736. The standard InChI is InChI=1S/C17H18N2O2/c20-14(11-18-15-6-2-4-8-17(15)21)12-19-10-9-13-5-1-3-7-16(13)19/h1-10,14,18,20-21H,11-12H2/t14-/m0/s1. The number of aliphatic hydroxyl groups is 1. The summed E-state index contributed by atoms with van der Waals surface area (Å²) in [4.78, 5) is 0. The lowest BCUT2D eigenvalue weighted by Crippen LogP contribution is -2.24. The number of hydrogen-bond donors (Lipinski definition) is 3. The molecule has 2 aromatic carbocycles. The molecule has 0 aliphatic rings. The molecule has 1 aromatic heterocycles. The Hall–Kier alpha value is -2.46. The third-order valence-corrected chi connectivity index (χ3v) is 3.52. The van der Waals surface area contributed by atoms with Crippen molar-refractivity contribution in [1.29, 1.82) is 0 Å². The molecule has 0 aliphatic heterocycles. The fourth-order valence-corrected chi connectivity index (χ4v) is 2.44. The number of phenols is 1. The Morgan fingerprint density at radius 2 is 1.76 bits per heavy atom. The van der Waals surface area contributed by atoms with Gasteiger partial charge in [0.2, 0.25) is 0 Å². The van der Waals surface area contributed by atoms with Gasteiger partial charge in [0, 0.05) is 18.3 Å². The zero-order valence-electron chi connectivity index (χ0n) is 11.6. The van der Waals surface area contributed by atoms with Gasteiger partial charge in [0.25, 0.3) is 0 Å². The highest BCUT2D eigenvalue weighted by atomic mass is 16.3. The number of aromatic hydroxyl groups is 1. The van der Waals surface area contributed by atoms with E-state index < -0.39 is 6.10 Å². The van der Waals surface area contributed by atoms with Gasteiger partial charge in [0.15, 0.2) is 0 Å². The van der Waals surface area contributed by atoms with E-state index in [1.165, 1.54) is 5.39 Å². The minimum atomic E-state index is -0.541. The molecule has 108 valence electrons. The Kier molecular flexibility index (Phi) is 3.79. The van der Waals surface area contributed by atoms with Crippen LogP contribution < -0.4 is 5.32 Å². The van der Waals surface area contributed by atoms with Gasteiger partial charge in [-0.05, 0) is 29.7 Å². The molecule has 0 saturated heterocycles. The first-order valence-electron chi connectivity index (χ1n) is 6.98. The predicted octanol–water partition coefficient (Wildman–Crippen LogP) is 2.82. The summed E-state index contributed by atoms with van der Waals surface area (Å²) in [7, 11) is 0. The van der Waals surface area contributed by atoms with E-state index in [0.717, 1.165) is 5.52 Å². The summed E-state index contributed by atoms with van der Waals surface area (Å²) in [6, 6.07) is 17.1. The second-order valence-electron chi connectivity index (χ2n) is 5.08. The van der Waals surface area contributed by atoms with Gasteiger partial charge in [-0.25, -0.2) is 0 Å². The van der Waals surface area contributed by atoms with Crippen LogP contribution in [0.15, 0.2) is 60.8 Å². The number of nitrogens with zero attached hydrogens (tertiary/aromatic N) is 1. The molecule has 0 saturated carbocycles. The van der Waals surface area contributed by atoms with Gasteiger partial charge in [-0.3, -0.25) is 0 Å². The number of nitrogens with one attached hydrogen (secondary N) is 1. The summed E-state index contributed by atoms with van der Waals surface area (Å²) in [5.41, 5.74) is 1.74. The molecule has 0 radical (unpaired) electrons. The Balaban J connectivity index is 1.64. The second-order valence-corrected chi connectivity index (χ2v) is 5.08. The lowest BCUT2D eigenvalue weighted by molar-refractivity contribution is 0.168. The zero-order chi connectivity index (χ0) is 14.7. The van der Waals surface area contributed by atoms with Gasteiger partial charge in [0.1, 0.15) is 5.75 Å². The van der Waals surface area contributed by atoms with Crippen molar-refractivity contribution in [2.75, 3.05) is 11.9 Å². The van der Waals surface area contributed by atoms with Crippen LogP contribution in [0.1, 0.15) is 0 Å². The van der Waals surface area contributed by atoms with Crippen molar-refractivity contribution in [3.05, 3.63) is 60.8 Å². The Morgan fingerprint density at radius 3 is 2.62 bits per heavy atom. The van der Waals surface area contributed by atoms with Crippen LogP contribution in [0.5, 0.6) is 5.75 Å². The molecule has 4 nitrogen and oxygen atoms in total. The van der Waals surface area contributed by atoms with Crippen molar-refractivity contribution in [3.8, 4) is 5.75 Å². The van der Waals surface area contributed by atoms with Gasteiger partial charge >= 0.3 is 0 Å². The van der Waals surface area contributed by atoms with Crippen molar-refractivity contribution in [2.24, 2.45) is 0 Å². The first kappa shape index (κ1) is 13.5. The predicted molar refractivity (Wildman–Crippen MR) is 84.5 cm³/mol. The molecule has 0 amide bonds. The number of fused-ring (bicyclic) bond motifs is 1. The van der Waals surface area contributed by atoms with Crippen LogP contribution in [-0.4, -0.2) is 27.4 Å². The van der Waals surface area contributed by atoms with Gasteiger partial charge in [-0.2, -0.15) is 0 Å². The Labute approximate surface area is 123 Å². The van der Waals surface area contributed by atoms with E-state index in [1.54, 1.807) is 18.2 Å². The fourth-order valence-electron chi connectivity index (χ4n) is 2.44. The maximum Gasteiger partial charge on any atom is 0.138 e. The number of para-hydroxylation sites is 3. The molecule has 3 aromatic rings. The summed E-state index contributed by atoms with van der Waals surface area (Å²) in [6.07, 6.45) is 1.44. The highest BCUT2D eigenvalue weighted by Crippen LogP contribution is 2.21. The minimum absolute atomic E-state index is 0.191. The maximum atomic E-state index is 10.2. The molecule has 0 spiro atoms. The quantitative estimate of drug-likeness (QED) is 0.631. The summed E-state index contributed by atoms with van der Waals surface area (Å²) in [5, 5.41) is 24.1. The van der Waals surface area contributed by atoms with E-state index in [4.69, 9.17) is 0 Å². The first-order valence-corrected chi connectivity index (χ1v) is 6.98. The number of hydrogen-bond acceptors (Lipinski definition) is 3. The normalized spacial score (nSPS) is 12.4. The molecule has 3 rings (SSSR count). The van der Waals surface area contributed by atoms with E-state index in [-0.39, 0.29) is 5.75 Å². The van der Waals surface area contributed by atoms with Crippen molar-refractivity contribution in [2.45, 2.75) is 12.6 Å². The summed E-state index contributed by atoms with van der Waals surface area (Å²) < 4.78 is 2.03. The molecule has 0 aliphatic carbocycles. The molecular formula is C17H18N2O2. The average Bonchev–Trinajstić information content (AvgIpc) is 2.90. The van der Waals surface area contributed by atoms with Gasteiger partial charge in [-0.1, -0.05) is 30.3 Å². The third-order valence-electron chi connectivity index (χ3n) is 3.52. The van der Waals surface area contributed by atoms with E-state index in [2.05, 4.69) is 11.4 Å². The Morgan fingerprint density at radius 1 is 1.00 bits per heavy atom. The van der Waals surface area contributed by atoms with Crippen LogP contribution in [0.4, 0.5) is 5.69 Å². The van der Waals surface area contributed by atoms with E-state index in [0.29, 0.717) is 18.8 Å². The van der Waals surface area contributed by atoms with Crippen molar-refractivity contribution in [1.82, 2.24) is 4.57 Å². The molecule has 1 heterocycles. The van der Waals surface area contributed by atoms with Crippen molar-refractivity contribution >= 4 is 16.6 Å². The second kappa shape index (κ2) is 5.89. The van der Waals surface area contributed by atoms with Gasteiger partial charge in [-0.15, -0.1) is 0 Å². The molecule has 21 heavy (non-hydrogen) atoms. The smallest absolute Gasteiger partial charge is 0.138 e. The molecule has 0 unspecified atom stereocenters. The van der Waals surface area contributed by atoms with Crippen LogP contribution in [0.3, 0.4) is 0 Å². The maximum absolute atomic E-state index is 10.2. The highest BCUT2D eigenvalue weighted by molar-refractivity contribution is 5.79. The van der Waals surface area contributed by atoms with Gasteiger partial charge < -0.3 is 20.1 Å². The summed E-state index contributed by atoms with van der Waals surface area (Å²) >= 11 is 0. The topological polar surface area (TPSA) is 57.4 Å². The van der Waals surface area contributed by atoms with Crippen LogP contribution in [-0.2, 0) is 6.54 Å². The molecule has 0 fully saturated rings. The SMILES string of the molecule is Oc1ccccc1NC[C@H](O)Cn1ccc2ccccc21. The van der Waals surface area contributed by atoms with Crippen molar-refractivity contribution < 1.29 is 10.2 Å². The van der Waals surface area contributed by atoms with Gasteiger partial charge in [0.05, 0.1) is 18.3 Å². The third kappa shape index (κ3) is 3.01. The number of benzene rings is 2. The molecule has 4 heteroatoms. The zero-order valence-corrected chi connectivity index (χ0v) is 11.6. The first-order chi connectivity index (χ1) is 10.2. The fraction of sp³-hybridized carbons (Fsp3) is 0.176. The van der Waals surface area contributed by atoms with Crippen LogP contribution in [0, 0.1) is 0 Å². The minimum Gasteiger partial charge on any atom is -0.506 e. The highest BCUT2D eigenvalue weighted by Gasteiger charge is 2.08. The van der Waals surface area contributed by atoms with E-state index >= 15 is 0 Å². The molecular weight excluding hydrogens is 264 g/mol. The monoisotopic (exact) mass is 282 g/mol. The lowest BCUT2D eigenvalue weighted by Gasteiger charge is -2.15. The van der Waals surface area contributed by atoms with E-state index in [9.17, 15) is 10.2 Å². The molecule has 1 atom stereocenters. The number of rotatable bonds is 5. The number of phenolic OH excluding ortho intramolecular Hbond substituents is 1. The van der Waals surface area contributed by atoms with Crippen LogP contribution >= 0.6 is 0 Å². The van der Waals surface area contributed by atoms with Crippen LogP contribution in [0.2, 0.25) is 0 Å². The number of anilines is 1. The summed E-state index contributed by atoms with van der Waals surface area (Å²) in [5.74, 6) is 0.191. The lowest BCUT2D eigenvalue weighted by atomic mass is 10.2. The molecule has 3 N–H and O–H groups in total.